The molecule has 1 amide bonds. The zero-order chi connectivity index (χ0) is 22.2. The van der Waals surface area contributed by atoms with Gasteiger partial charge in [-0.05, 0) is 18.6 Å². The highest BCUT2D eigenvalue weighted by atomic mass is 32.2. The van der Waals surface area contributed by atoms with Gasteiger partial charge in [-0.2, -0.15) is 0 Å². The summed E-state index contributed by atoms with van der Waals surface area (Å²) < 4.78 is 30.4. The zero-order valence-corrected chi connectivity index (χ0v) is 19.3. The van der Waals surface area contributed by atoms with E-state index in [0.717, 1.165) is 11.8 Å². The number of thiophene rings is 1. The number of rotatable bonds is 7. The summed E-state index contributed by atoms with van der Waals surface area (Å²) in [5, 5.41) is 2.74. The quantitative estimate of drug-likeness (QED) is 0.292. The Labute approximate surface area is 187 Å². The van der Waals surface area contributed by atoms with Gasteiger partial charge in [0.05, 0.1) is 28.9 Å². The van der Waals surface area contributed by atoms with Gasteiger partial charge in [0.1, 0.15) is 10.6 Å². The van der Waals surface area contributed by atoms with Crippen molar-refractivity contribution in [2.75, 3.05) is 24.3 Å². The Hall–Kier alpha value is -2.37. The summed E-state index contributed by atoms with van der Waals surface area (Å²) in [4.78, 5) is 32.6. The third-order valence-corrected chi connectivity index (χ3v) is 8.82. The van der Waals surface area contributed by atoms with E-state index >= 15 is 0 Å². The first-order valence-electron chi connectivity index (χ1n) is 9.56. The van der Waals surface area contributed by atoms with Crippen molar-refractivity contribution in [3.63, 3.8) is 0 Å². The molecule has 11 heteroatoms. The smallest absolute Gasteiger partial charge is 0.263 e. The SMILES string of the molecule is C=CCn1c(SCC(=O)N(C)[C@H]2CCS(=O)(=O)C2)nc2scc(-c3ccco3)c2c1=O. The van der Waals surface area contributed by atoms with E-state index in [-0.39, 0.29) is 41.3 Å². The van der Waals surface area contributed by atoms with Gasteiger partial charge < -0.3 is 9.32 Å². The molecule has 31 heavy (non-hydrogen) atoms. The average Bonchev–Trinajstić information content (AvgIpc) is 3.47. The second-order valence-corrected chi connectivity index (χ2v) is 11.3. The van der Waals surface area contributed by atoms with E-state index in [1.54, 1.807) is 31.5 Å². The number of nitrogens with zero attached hydrogens (tertiary/aromatic N) is 3. The molecular formula is C20H21N3O5S3. The molecule has 3 aromatic rings. The zero-order valence-electron chi connectivity index (χ0n) is 16.8. The van der Waals surface area contributed by atoms with Crippen LogP contribution in [0.2, 0.25) is 0 Å². The van der Waals surface area contributed by atoms with Crippen LogP contribution >= 0.6 is 23.1 Å². The van der Waals surface area contributed by atoms with Gasteiger partial charge in [-0.1, -0.05) is 17.8 Å². The molecule has 0 N–H and O–H groups in total. The second-order valence-electron chi connectivity index (χ2n) is 7.26. The third-order valence-electron chi connectivity index (χ3n) is 5.23. The fraction of sp³-hybridized carbons (Fsp3) is 0.350. The van der Waals surface area contributed by atoms with Gasteiger partial charge in [-0.3, -0.25) is 14.2 Å². The topological polar surface area (TPSA) is 102 Å². The van der Waals surface area contributed by atoms with Crippen molar-refractivity contribution in [3.8, 4) is 11.3 Å². The van der Waals surface area contributed by atoms with Crippen LogP contribution in [0.1, 0.15) is 6.42 Å². The summed E-state index contributed by atoms with van der Waals surface area (Å²) in [5.74, 6) is 0.554. The lowest BCUT2D eigenvalue weighted by atomic mass is 10.2. The number of hydrogen-bond donors (Lipinski definition) is 0. The van der Waals surface area contributed by atoms with Crippen molar-refractivity contribution in [3.05, 3.63) is 46.8 Å². The van der Waals surface area contributed by atoms with Crippen LogP contribution < -0.4 is 5.56 Å². The molecule has 1 fully saturated rings. The van der Waals surface area contributed by atoms with Gasteiger partial charge in [0.25, 0.3) is 5.56 Å². The van der Waals surface area contributed by atoms with Gasteiger partial charge in [-0.25, -0.2) is 13.4 Å². The van der Waals surface area contributed by atoms with E-state index in [4.69, 9.17) is 4.42 Å². The Morgan fingerprint density at radius 2 is 2.32 bits per heavy atom. The summed E-state index contributed by atoms with van der Waals surface area (Å²) >= 11 is 2.51. The van der Waals surface area contributed by atoms with Crippen molar-refractivity contribution in [1.82, 2.24) is 14.5 Å². The molecule has 0 radical (unpaired) electrons. The maximum absolute atomic E-state index is 13.2. The maximum atomic E-state index is 13.2. The van der Waals surface area contributed by atoms with E-state index < -0.39 is 9.84 Å². The molecule has 0 aromatic carbocycles. The van der Waals surface area contributed by atoms with Crippen LogP contribution in [0, 0.1) is 0 Å². The standard InChI is InChI=1S/C20H21N3O5S3/c1-3-7-23-19(25)17-14(15-5-4-8-28-15)10-29-18(17)21-20(23)30-11-16(24)22(2)13-6-9-31(26,27)12-13/h3-5,8,10,13H,1,6-7,9,11-12H2,2H3/t13-/m0/s1. The first-order valence-corrected chi connectivity index (χ1v) is 13.2. The van der Waals surface area contributed by atoms with Gasteiger partial charge in [-0.15, -0.1) is 17.9 Å². The molecule has 0 bridgehead atoms. The average molecular weight is 480 g/mol. The normalized spacial score (nSPS) is 17.8. The van der Waals surface area contributed by atoms with Gasteiger partial charge in [0, 0.05) is 30.6 Å². The third kappa shape index (κ3) is 4.35. The van der Waals surface area contributed by atoms with Crippen molar-refractivity contribution >= 4 is 49.1 Å². The van der Waals surface area contributed by atoms with Gasteiger partial charge in [0.15, 0.2) is 15.0 Å². The van der Waals surface area contributed by atoms with E-state index in [1.807, 2.05) is 5.38 Å². The summed E-state index contributed by atoms with van der Waals surface area (Å²) in [6, 6.07) is 3.24. The first kappa shape index (κ1) is 21.8. The Morgan fingerprint density at radius 3 is 2.97 bits per heavy atom. The lowest BCUT2D eigenvalue weighted by Crippen LogP contribution is -2.39. The fourth-order valence-corrected chi connectivity index (χ4v) is 7.21. The summed E-state index contributed by atoms with van der Waals surface area (Å²) in [6.07, 6.45) is 3.61. The highest BCUT2D eigenvalue weighted by Crippen LogP contribution is 2.32. The molecule has 1 aliphatic heterocycles. The van der Waals surface area contributed by atoms with Crippen molar-refractivity contribution in [2.45, 2.75) is 24.2 Å². The molecule has 8 nitrogen and oxygen atoms in total. The number of carbonyl (C=O) groups is 1. The number of aromatic nitrogens is 2. The number of allylic oxidation sites excluding steroid dienone is 1. The number of thioether (sulfide) groups is 1. The molecule has 4 rings (SSSR count). The second kappa shape index (κ2) is 8.64. The van der Waals surface area contributed by atoms with Gasteiger partial charge in [0.2, 0.25) is 5.91 Å². The predicted octanol–water partition coefficient (Wildman–Crippen LogP) is 2.64. The number of hydrogen-bond acceptors (Lipinski definition) is 8. The summed E-state index contributed by atoms with van der Waals surface area (Å²) in [5.41, 5.74) is 0.470. The molecule has 3 aromatic heterocycles. The number of amides is 1. The number of carbonyl (C=O) groups excluding carboxylic acids is 1. The van der Waals surface area contributed by atoms with Crippen LogP contribution in [-0.2, 0) is 21.2 Å². The van der Waals surface area contributed by atoms with Crippen LogP contribution in [0.25, 0.3) is 21.5 Å². The fourth-order valence-electron chi connectivity index (χ4n) is 3.53. The number of furan rings is 1. The van der Waals surface area contributed by atoms with Crippen LogP contribution in [-0.4, -0.2) is 59.1 Å². The van der Waals surface area contributed by atoms with Gasteiger partial charge >= 0.3 is 0 Å². The van der Waals surface area contributed by atoms with Crippen molar-refractivity contribution in [2.24, 2.45) is 0 Å². The number of sulfone groups is 1. The van der Waals surface area contributed by atoms with Crippen LogP contribution in [0.5, 0.6) is 0 Å². The molecule has 164 valence electrons. The monoisotopic (exact) mass is 479 g/mol. The predicted molar refractivity (Wildman–Crippen MR) is 122 cm³/mol. The Bertz CT molecular complexity index is 1290. The lowest BCUT2D eigenvalue weighted by molar-refractivity contribution is -0.128. The first-order chi connectivity index (χ1) is 14.8. The summed E-state index contributed by atoms with van der Waals surface area (Å²) in [7, 11) is -1.46. The molecule has 1 saturated heterocycles. The van der Waals surface area contributed by atoms with Crippen LogP contribution in [0.4, 0.5) is 0 Å². The molecule has 1 atom stereocenters. The van der Waals surface area contributed by atoms with Crippen LogP contribution in [0.15, 0.2) is 50.8 Å². The summed E-state index contributed by atoms with van der Waals surface area (Å²) in [6.45, 7) is 3.98. The highest BCUT2D eigenvalue weighted by molar-refractivity contribution is 7.99. The minimum Gasteiger partial charge on any atom is -0.464 e. The van der Waals surface area contributed by atoms with Crippen molar-refractivity contribution < 1.29 is 17.6 Å². The van der Waals surface area contributed by atoms with E-state index in [2.05, 4.69) is 11.6 Å². The molecule has 0 unspecified atom stereocenters. The van der Waals surface area contributed by atoms with E-state index in [1.165, 1.54) is 20.8 Å². The van der Waals surface area contributed by atoms with E-state index in [0.29, 0.717) is 33.1 Å². The molecule has 0 aliphatic carbocycles. The van der Waals surface area contributed by atoms with E-state index in [9.17, 15) is 18.0 Å². The minimum atomic E-state index is -3.08. The molecule has 0 saturated carbocycles. The molecular weight excluding hydrogens is 458 g/mol. The lowest BCUT2D eigenvalue weighted by Gasteiger charge is -2.23. The number of fused-ring (bicyclic) bond motifs is 1. The largest absolute Gasteiger partial charge is 0.464 e. The highest BCUT2D eigenvalue weighted by Gasteiger charge is 2.32. The van der Waals surface area contributed by atoms with Crippen LogP contribution in [0.3, 0.4) is 0 Å². The Kier molecular flexibility index (Phi) is 6.09. The molecule has 0 spiro atoms. The molecule has 4 heterocycles. The maximum Gasteiger partial charge on any atom is 0.263 e. The van der Waals surface area contributed by atoms with Crippen molar-refractivity contribution in [1.29, 1.82) is 0 Å². The molecule has 1 aliphatic rings. The Balaban J connectivity index is 1.60. The Morgan fingerprint density at radius 1 is 1.52 bits per heavy atom. The minimum absolute atomic E-state index is 0.00393.